The van der Waals surface area contributed by atoms with E-state index in [-0.39, 0.29) is 35.0 Å². The van der Waals surface area contributed by atoms with Crippen LogP contribution in [0, 0.1) is 49.3 Å². The Balaban J connectivity index is 1.37. The van der Waals surface area contributed by atoms with Crippen molar-refractivity contribution in [2.75, 3.05) is 28.8 Å². The Kier molecular flexibility index (Phi) is 7.55. The quantitative estimate of drug-likeness (QED) is 0.152. The Bertz CT molecular complexity index is 2050. The maximum Gasteiger partial charge on any atom is 0.301 e. The predicted octanol–water partition coefficient (Wildman–Crippen LogP) is 5.36. The number of nitro benzene ring substituents is 2. The Labute approximate surface area is 289 Å². The van der Waals surface area contributed by atoms with Gasteiger partial charge in [0.05, 0.1) is 44.4 Å². The molecule has 1 saturated carbocycles. The predicted molar refractivity (Wildman–Crippen MR) is 181 cm³/mol. The number of halogens is 1. The molecule has 4 aliphatic rings. The number of phenols is 1. The lowest BCUT2D eigenvalue weighted by molar-refractivity contribution is -0.392. The topological polar surface area (TPSA) is 185 Å². The van der Waals surface area contributed by atoms with Crippen molar-refractivity contribution in [3.8, 4) is 5.75 Å². The molecule has 15 heteroatoms. The molecule has 2 aliphatic carbocycles. The Morgan fingerprint density at radius 1 is 0.860 bits per heavy atom. The van der Waals surface area contributed by atoms with Crippen LogP contribution < -0.4 is 14.7 Å². The smallest absolute Gasteiger partial charge is 0.301 e. The van der Waals surface area contributed by atoms with Crippen LogP contribution >= 0.6 is 11.6 Å². The summed E-state index contributed by atoms with van der Waals surface area (Å²) in [7, 11) is 2.81. The van der Waals surface area contributed by atoms with Gasteiger partial charge in [0.25, 0.3) is 0 Å². The third kappa shape index (κ3) is 4.54. The number of anilines is 3. The first-order valence-corrected chi connectivity index (χ1v) is 16.2. The summed E-state index contributed by atoms with van der Waals surface area (Å²) in [4.78, 5) is 83.0. The van der Waals surface area contributed by atoms with Gasteiger partial charge in [-0.1, -0.05) is 47.5 Å². The highest BCUT2D eigenvalue weighted by Gasteiger charge is 2.68. The fourth-order valence-corrected chi connectivity index (χ4v) is 8.93. The normalized spacial score (nSPS) is 27.1. The van der Waals surface area contributed by atoms with Crippen LogP contribution in [-0.4, -0.2) is 52.7 Å². The molecule has 6 atom stereocenters. The summed E-state index contributed by atoms with van der Waals surface area (Å²) < 4.78 is 0. The maximum absolute atomic E-state index is 14.5. The molecular formula is C35H30ClN5O9. The van der Waals surface area contributed by atoms with Crippen LogP contribution in [-0.2, 0) is 19.2 Å². The molecule has 50 heavy (non-hydrogen) atoms. The average molecular weight is 700 g/mol. The average Bonchev–Trinajstić information content (AvgIpc) is 3.44. The number of imide groups is 2. The van der Waals surface area contributed by atoms with Crippen molar-refractivity contribution in [3.05, 3.63) is 103 Å². The number of rotatable bonds is 6. The molecule has 1 N–H and O–H groups in total. The Hall–Kier alpha value is -5.63. The van der Waals surface area contributed by atoms with E-state index < -0.39 is 79.9 Å². The van der Waals surface area contributed by atoms with E-state index in [1.165, 1.54) is 31.1 Å². The fraction of sp³-hybridized carbons (Fsp3) is 0.314. The molecule has 256 valence electrons. The van der Waals surface area contributed by atoms with Gasteiger partial charge in [0.2, 0.25) is 23.6 Å². The highest BCUT2D eigenvalue weighted by molar-refractivity contribution is 6.32. The van der Waals surface area contributed by atoms with Gasteiger partial charge in [-0.3, -0.25) is 39.4 Å². The number of allylic oxidation sites excluding steroid dienone is 2. The monoisotopic (exact) mass is 699 g/mol. The van der Waals surface area contributed by atoms with Crippen molar-refractivity contribution in [2.45, 2.75) is 25.7 Å². The highest BCUT2D eigenvalue weighted by Crippen LogP contribution is 2.64. The van der Waals surface area contributed by atoms with E-state index in [0.717, 1.165) is 21.9 Å². The minimum Gasteiger partial charge on any atom is -0.508 e. The molecule has 0 bridgehead atoms. The van der Waals surface area contributed by atoms with Gasteiger partial charge in [0.1, 0.15) is 5.75 Å². The van der Waals surface area contributed by atoms with Crippen LogP contribution in [0.15, 0.2) is 72.3 Å². The van der Waals surface area contributed by atoms with E-state index in [1.807, 2.05) is 0 Å². The minimum absolute atomic E-state index is 0.0380. The molecule has 0 unspecified atom stereocenters. The zero-order valence-electron chi connectivity index (χ0n) is 27.0. The van der Waals surface area contributed by atoms with Gasteiger partial charge < -0.3 is 10.0 Å². The number of fused-ring (bicyclic) bond motifs is 4. The second-order valence-corrected chi connectivity index (χ2v) is 13.9. The Morgan fingerprint density at radius 3 is 2.08 bits per heavy atom. The molecule has 3 aromatic carbocycles. The number of aromatic hydroxyl groups is 1. The summed E-state index contributed by atoms with van der Waals surface area (Å²) in [6, 6.07) is 14.8. The standard InChI is InChI=1S/C35H30ClN5O9/c1-35-24(32(44)39(34(35)46)17-7-5-4-6-8-17)16-23-20(29(35)21-10-9-19(42)15-25(21)36)11-12-22-28(23)33(45)38(31(22)43)18-13-26(40(47)48)30(37(2)3)27(14-18)41(49)50/h4-11,13-15,22-24,28-29,42H,12,16H2,1-3H3/t22-,23+,24-,28-,29+,35+/m0/s1. The van der Waals surface area contributed by atoms with Crippen LogP contribution in [0.4, 0.5) is 28.4 Å². The summed E-state index contributed by atoms with van der Waals surface area (Å²) in [6.45, 7) is 1.70. The lowest BCUT2D eigenvalue weighted by Crippen LogP contribution is -2.49. The number of benzene rings is 3. The minimum atomic E-state index is -1.36. The van der Waals surface area contributed by atoms with E-state index in [2.05, 4.69) is 0 Å². The summed E-state index contributed by atoms with van der Waals surface area (Å²) >= 11 is 6.73. The first kappa shape index (κ1) is 32.9. The molecule has 3 aromatic rings. The molecular weight excluding hydrogens is 670 g/mol. The molecule has 0 aromatic heterocycles. The zero-order chi connectivity index (χ0) is 36.0. The van der Waals surface area contributed by atoms with Crippen LogP contribution in [0.2, 0.25) is 5.02 Å². The number of carbonyl (C=O) groups excluding carboxylic acids is 4. The third-order valence-corrected chi connectivity index (χ3v) is 11.1. The number of para-hydroxylation sites is 1. The van der Waals surface area contributed by atoms with E-state index in [0.29, 0.717) is 16.8 Å². The summed E-state index contributed by atoms with van der Waals surface area (Å²) in [5, 5.41) is 34.5. The van der Waals surface area contributed by atoms with E-state index in [9.17, 15) is 44.5 Å². The SMILES string of the molecule is CN(C)c1c([N+](=O)[O-])cc(N2C(=O)[C@H]3[C@H](CC=C4[C@H]3C[C@H]3C(=O)N(c5ccccc5)C(=O)[C@@]3(C)[C@H]4c3ccc(O)cc3Cl)C2=O)cc1[N+](=O)[O-]. The van der Waals surface area contributed by atoms with Crippen LogP contribution in [0.25, 0.3) is 0 Å². The van der Waals surface area contributed by atoms with Gasteiger partial charge in [-0.2, -0.15) is 0 Å². The molecule has 0 spiro atoms. The van der Waals surface area contributed by atoms with Crippen molar-refractivity contribution in [2.24, 2.45) is 29.1 Å². The molecule has 4 amide bonds. The fourth-order valence-electron chi connectivity index (χ4n) is 8.64. The molecule has 0 radical (unpaired) electrons. The second-order valence-electron chi connectivity index (χ2n) is 13.5. The zero-order valence-corrected chi connectivity index (χ0v) is 27.7. The van der Waals surface area contributed by atoms with E-state index in [1.54, 1.807) is 49.4 Å². The van der Waals surface area contributed by atoms with Crippen molar-refractivity contribution in [3.63, 3.8) is 0 Å². The van der Waals surface area contributed by atoms with Crippen molar-refractivity contribution < 1.29 is 34.1 Å². The van der Waals surface area contributed by atoms with Crippen LogP contribution in [0.5, 0.6) is 5.75 Å². The maximum atomic E-state index is 14.5. The number of hydrogen-bond donors (Lipinski definition) is 1. The molecule has 7 rings (SSSR count). The first-order chi connectivity index (χ1) is 23.7. The highest BCUT2D eigenvalue weighted by atomic mass is 35.5. The van der Waals surface area contributed by atoms with E-state index in [4.69, 9.17) is 11.6 Å². The molecule has 2 saturated heterocycles. The number of nitrogens with zero attached hydrogens (tertiary/aromatic N) is 5. The van der Waals surface area contributed by atoms with Gasteiger partial charge in [0, 0.05) is 37.2 Å². The summed E-state index contributed by atoms with van der Waals surface area (Å²) in [5.41, 5.74) is -1.79. The molecule has 2 aliphatic heterocycles. The largest absolute Gasteiger partial charge is 0.508 e. The van der Waals surface area contributed by atoms with E-state index >= 15 is 0 Å². The van der Waals surface area contributed by atoms with Gasteiger partial charge in [-0.05, 0) is 55.5 Å². The third-order valence-electron chi connectivity index (χ3n) is 10.7. The number of nitro groups is 2. The Morgan fingerprint density at radius 2 is 1.50 bits per heavy atom. The molecule has 14 nitrogen and oxygen atoms in total. The van der Waals surface area contributed by atoms with Gasteiger partial charge in [-0.25, -0.2) is 9.80 Å². The van der Waals surface area contributed by atoms with Crippen LogP contribution in [0.3, 0.4) is 0 Å². The first-order valence-electron chi connectivity index (χ1n) is 15.8. The number of phenolic OH excluding ortho intramolecular Hbond substituents is 1. The van der Waals surface area contributed by atoms with Crippen molar-refractivity contribution >= 4 is 63.7 Å². The lowest BCUT2D eigenvalue weighted by Gasteiger charge is -2.49. The van der Waals surface area contributed by atoms with Gasteiger partial charge in [0.15, 0.2) is 5.69 Å². The van der Waals surface area contributed by atoms with Crippen molar-refractivity contribution in [1.29, 1.82) is 0 Å². The summed E-state index contributed by atoms with van der Waals surface area (Å²) in [6.07, 6.45) is 1.91. The van der Waals surface area contributed by atoms with Gasteiger partial charge >= 0.3 is 11.4 Å². The number of amides is 4. The number of hydrogen-bond acceptors (Lipinski definition) is 10. The van der Waals surface area contributed by atoms with Crippen LogP contribution in [0.1, 0.15) is 31.2 Å². The molecule has 3 fully saturated rings. The summed E-state index contributed by atoms with van der Waals surface area (Å²) in [5.74, 6) is -6.90. The van der Waals surface area contributed by atoms with Gasteiger partial charge in [-0.15, -0.1) is 0 Å². The lowest BCUT2D eigenvalue weighted by atomic mass is 9.51. The van der Waals surface area contributed by atoms with Crippen molar-refractivity contribution in [1.82, 2.24) is 0 Å². The number of carbonyl (C=O) groups is 4. The second kappa shape index (κ2) is 11.5. The molecule has 2 heterocycles.